The zero-order chi connectivity index (χ0) is 14.3. The third-order valence-electron chi connectivity index (χ3n) is 4.45. The van der Waals surface area contributed by atoms with Gasteiger partial charge in [-0.2, -0.15) is 13.2 Å². The maximum atomic E-state index is 12.9. The molecule has 2 fully saturated rings. The van der Waals surface area contributed by atoms with Gasteiger partial charge in [-0.05, 0) is 36.8 Å². The normalized spacial score (nSPS) is 25.9. The van der Waals surface area contributed by atoms with E-state index in [0.717, 1.165) is 19.2 Å². The van der Waals surface area contributed by atoms with Crippen molar-refractivity contribution in [3.63, 3.8) is 0 Å². The quantitative estimate of drug-likeness (QED) is 0.903. The molecule has 1 saturated heterocycles. The number of alkyl halides is 3. The summed E-state index contributed by atoms with van der Waals surface area (Å²) in [6, 6.07) is 2.22. The van der Waals surface area contributed by atoms with E-state index in [0.29, 0.717) is 17.7 Å². The predicted molar refractivity (Wildman–Crippen MR) is 71.8 cm³/mol. The second-order valence-corrected chi connectivity index (χ2v) is 5.70. The molecule has 6 heteroatoms. The van der Waals surface area contributed by atoms with E-state index in [1.807, 2.05) is 4.90 Å². The highest BCUT2D eigenvalue weighted by Gasteiger charge is 2.38. The van der Waals surface area contributed by atoms with Gasteiger partial charge in [-0.3, -0.25) is 0 Å². The van der Waals surface area contributed by atoms with Crippen molar-refractivity contribution in [2.24, 2.45) is 11.8 Å². The van der Waals surface area contributed by atoms with Gasteiger partial charge in [0, 0.05) is 20.1 Å². The molecule has 1 saturated carbocycles. The van der Waals surface area contributed by atoms with Crippen LogP contribution in [0.3, 0.4) is 0 Å². The lowest BCUT2D eigenvalue weighted by atomic mass is 10.0. The molecule has 1 aliphatic heterocycles. The minimum atomic E-state index is -4.33. The highest BCUT2D eigenvalue weighted by Crippen LogP contribution is 2.40. The van der Waals surface area contributed by atoms with E-state index in [1.54, 1.807) is 7.05 Å². The van der Waals surface area contributed by atoms with E-state index < -0.39 is 11.7 Å². The fourth-order valence-corrected chi connectivity index (χ4v) is 3.39. The maximum Gasteiger partial charge on any atom is 0.416 e. The Hall–Kier alpha value is -1.46. The van der Waals surface area contributed by atoms with Crippen molar-refractivity contribution in [1.82, 2.24) is 4.98 Å². The van der Waals surface area contributed by atoms with Crippen LogP contribution >= 0.6 is 0 Å². The Balaban J connectivity index is 1.89. The summed E-state index contributed by atoms with van der Waals surface area (Å²) in [6.07, 6.45) is -0.697. The van der Waals surface area contributed by atoms with Gasteiger partial charge in [-0.1, -0.05) is 6.42 Å². The molecule has 2 heterocycles. The number of hydrogen-bond donors (Lipinski definition) is 1. The van der Waals surface area contributed by atoms with Crippen LogP contribution in [-0.2, 0) is 6.18 Å². The Bertz CT molecular complexity index is 489. The molecule has 0 bridgehead atoms. The number of anilines is 2. The van der Waals surface area contributed by atoms with Crippen molar-refractivity contribution in [3.05, 3.63) is 17.7 Å². The molecule has 1 aromatic rings. The van der Waals surface area contributed by atoms with E-state index >= 15 is 0 Å². The SMILES string of the molecule is CNc1cc(C(F)(F)F)cc(N2CC3CCCC3C2)n1. The van der Waals surface area contributed by atoms with E-state index in [2.05, 4.69) is 10.3 Å². The van der Waals surface area contributed by atoms with Gasteiger partial charge < -0.3 is 10.2 Å². The summed E-state index contributed by atoms with van der Waals surface area (Å²) >= 11 is 0. The monoisotopic (exact) mass is 285 g/mol. The van der Waals surface area contributed by atoms with Gasteiger partial charge in [0.1, 0.15) is 11.6 Å². The molecule has 2 unspecified atom stereocenters. The lowest BCUT2D eigenvalue weighted by molar-refractivity contribution is -0.137. The number of hydrogen-bond acceptors (Lipinski definition) is 3. The molecule has 0 aromatic carbocycles. The molecule has 0 spiro atoms. The first kappa shape index (κ1) is 13.5. The highest BCUT2D eigenvalue weighted by atomic mass is 19.4. The van der Waals surface area contributed by atoms with Gasteiger partial charge in [0.2, 0.25) is 0 Å². The van der Waals surface area contributed by atoms with Crippen LogP contribution in [0, 0.1) is 11.8 Å². The predicted octanol–water partition coefficient (Wildman–Crippen LogP) is 3.38. The Morgan fingerprint density at radius 1 is 1.20 bits per heavy atom. The van der Waals surface area contributed by atoms with Gasteiger partial charge in [0.25, 0.3) is 0 Å². The van der Waals surface area contributed by atoms with Crippen LogP contribution in [0.25, 0.3) is 0 Å². The fourth-order valence-electron chi connectivity index (χ4n) is 3.39. The second-order valence-electron chi connectivity index (χ2n) is 5.70. The van der Waals surface area contributed by atoms with Gasteiger partial charge >= 0.3 is 6.18 Å². The van der Waals surface area contributed by atoms with Crippen LogP contribution in [0.15, 0.2) is 12.1 Å². The van der Waals surface area contributed by atoms with E-state index in [-0.39, 0.29) is 5.82 Å². The first-order valence-corrected chi connectivity index (χ1v) is 6.99. The van der Waals surface area contributed by atoms with Crippen LogP contribution in [0.5, 0.6) is 0 Å². The lowest BCUT2D eigenvalue weighted by Gasteiger charge is -2.20. The minimum Gasteiger partial charge on any atom is -0.373 e. The van der Waals surface area contributed by atoms with E-state index in [4.69, 9.17) is 0 Å². The molecule has 1 N–H and O–H groups in total. The molecule has 1 aromatic heterocycles. The number of rotatable bonds is 2. The average molecular weight is 285 g/mol. The van der Waals surface area contributed by atoms with Crippen LogP contribution < -0.4 is 10.2 Å². The van der Waals surface area contributed by atoms with Crippen LogP contribution in [0.2, 0.25) is 0 Å². The summed E-state index contributed by atoms with van der Waals surface area (Å²) in [7, 11) is 1.59. The van der Waals surface area contributed by atoms with E-state index in [9.17, 15) is 13.2 Å². The smallest absolute Gasteiger partial charge is 0.373 e. The Labute approximate surface area is 116 Å². The maximum absolute atomic E-state index is 12.9. The number of nitrogens with one attached hydrogen (secondary N) is 1. The Morgan fingerprint density at radius 3 is 2.40 bits per heavy atom. The van der Waals surface area contributed by atoms with Gasteiger partial charge in [0.15, 0.2) is 0 Å². The number of nitrogens with zero attached hydrogens (tertiary/aromatic N) is 2. The van der Waals surface area contributed by atoms with Crippen LogP contribution in [0.1, 0.15) is 24.8 Å². The Kier molecular flexibility index (Phi) is 3.26. The van der Waals surface area contributed by atoms with Gasteiger partial charge in [-0.15, -0.1) is 0 Å². The average Bonchev–Trinajstić information content (AvgIpc) is 2.97. The highest BCUT2D eigenvalue weighted by molar-refractivity contribution is 5.52. The molecular formula is C14H18F3N3. The van der Waals surface area contributed by atoms with Crippen molar-refractivity contribution in [3.8, 4) is 0 Å². The number of pyridine rings is 1. The third kappa shape index (κ3) is 2.43. The van der Waals surface area contributed by atoms with Crippen LogP contribution in [-0.4, -0.2) is 25.1 Å². The van der Waals surface area contributed by atoms with Crippen molar-refractivity contribution in [1.29, 1.82) is 0 Å². The number of aromatic nitrogens is 1. The van der Waals surface area contributed by atoms with Crippen molar-refractivity contribution >= 4 is 11.6 Å². The third-order valence-corrected chi connectivity index (χ3v) is 4.45. The zero-order valence-corrected chi connectivity index (χ0v) is 11.4. The van der Waals surface area contributed by atoms with E-state index in [1.165, 1.54) is 25.3 Å². The summed E-state index contributed by atoms with van der Waals surface area (Å²) in [6.45, 7) is 1.67. The zero-order valence-electron chi connectivity index (χ0n) is 11.4. The second kappa shape index (κ2) is 4.82. The standard InChI is InChI=1S/C14H18F3N3/c1-18-12-5-11(14(15,16)17)6-13(19-12)20-7-9-3-2-4-10(9)8-20/h5-6,9-10H,2-4,7-8H2,1H3,(H,18,19). The largest absolute Gasteiger partial charge is 0.416 e. The molecular weight excluding hydrogens is 267 g/mol. The molecule has 0 amide bonds. The summed E-state index contributed by atoms with van der Waals surface area (Å²) in [4.78, 5) is 6.29. The molecule has 20 heavy (non-hydrogen) atoms. The minimum absolute atomic E-state index is 0.270. The molecule has 3 rings (SSSR count). The molecule has 2 aliphatic rings. The van der Waals surface area contributed by atoms with Crippen molar-refractivity contribution < 1.29 is 13.2 Å². The fraction of sp³-hybridized carbons (Fsp3) is 0.643. The van der Waals surface area contributed by atoms with Crippen molar-refractivity contribution in [2.45, 2.75) is 25.4 Å². The lowest BCUT2D eigenvalue weighted by Crippen LogP contribution is -2.23. The molecule has 1 aliphatic carbocycles. The van der Waals surface area contributed by atoms with Crippen molar-refractivity contribution in [2.75, 3.05) is 30.4 Å². The number of fused-ring (bicyclic) bond motifs is 1. The summed E-state index contributed by atoms with van der Waals surface area (Å²) < 4.78 is 38.8. The Morgan fingerprint density at radius 2 is 1.85 bits per heavy atom. The summed E-state index contributed by atoms with van der Waals surface area (Å²) in [5.74, 6) is 1.97. The molecule has 3 nitrogen and oxygen atoms in total. The van der Waals surface area contributed by atoms with Crippen LogP contribution in [0.4, 0.5) is 24.8 Å². The van der Waals surface area contributed by atoms with Gasteiger partial charge in [-0.25, -0.2) is 4.98 Å². The summed E-state index contributed by atoms with van der Waals surface area (Å²) in [5, 5.41) is 2.72. The molecule has 2 atom stereocenters. The van der Waals surface area contributed by atoms with Gasteiger partial charge in [0.05, 0.1) is 5.56 Å². The number of halogens is 3. The molecule has 110 valence electrons. The molecule has 0 radical (unpaired) electrons. The topological polar surface area (TPSA) is 28.2 Å². The summed E-state index contributed by atoms with van der Waals surface area (Å²) in [5.41, 5.74) is -0.635. The first-order chi connectivity index (χ1) is 9.47. The first-order valence-electron chi connectivity index (χ1n) is 6.99.